The minimum Gasteiger partial charge on any atom is -0.323 e. The summed E-state index contributed by atoms with van der Waals surface area (Å²) in [5, 5.41) is 3.77. The second-order valence-electron chi connectivity index (χ2n) is 6.39. The number of nitrogens with zero attached hydrogens (tertiary/aromatic N) is 3. The Bertz CT molecular complexity index is 888. The van der Waals surface area contributed by atoms with E-state index in [0.29, 0.717) is 17.4 Å². The summed E-state index contributed by atoms with van der Waals surface area (Å²) in [5.74, 6) is 4.91. The van der Waals surface area contributed by atoms with Gasteiger partial charge in [0.2, 0.25) is 0 Å². The molecule has 0 spiro atoms. The number of pyridine rings is 1. The highest BCUT2D eigenvalue weighted by molar-refractivity contribution is 6.43. The van der Waals surface area contributed by atoms with Crippen molar-refractivity contribution in [2.45, 2.75) is 38.3 Å². The molecule has 142 valence electrons. The fourth-order valence-corrected chi connectivity index (χ4v) is 3.05. The lowest BCUT2D eigenvalue weighted by Crippen LogP contribution is -2.20. The van der Waals surface area contributed by atoms with Gasteiger partial charge in [0.1, 0.15) is 5.82 Å². The lowest BCUT2D eigenvalue weighted by atomic mass is 9.96. The summed E-state index contributed by atoms with van der Waals surface area (Å²) in [7, 11) is 0. The van der Waals surface area contributed by atoms with Crippen molar-refractivity contribution in [3.8, 4) is 0 Å². The number of rotatable bonds is 3. The topological polar surface area (TPSA) is 63.6 Å². The largest absolute Gasteiger partial charge is 0.416 e. The molecule has 4 nitrogen and oxygen atoms in total. The van der Waals surface area contributed by atoms with Crippen molar-refractivity contribution in [3.05, 3.63) is 59.0 Å². The van der Waals surface area contributed by atoms with E-state index in [0.717, 1.165) is 49.2 Å². The highest BCUT2D eigenvalue weighted by Gasteiger charge is 2.31. The first kappa shape index (κ1) is 19.0. The molecule has 0 unspecified atom stereocenters. The Hall–Kier alpha value is -2.77. The number of nitrogens with two attached hydrogens (primary N) is 1. The van der Waals surface area contributed by atoms with Crippen LogP contribution < -0.4 is 5.84 Å². The lowest BCUT2D eigenvalue weighted by Gasteiger charge is -2.14. The predicted molar refractivity (Wildman–Crippen MR) is 95.6 cm³/mol. The maximum absolute atomic E-state index is 13.6. The first-order chi connectivity index (χ1) is 12.8. The Morgan fingerprint density at radius 3 is 2.44 bits per heavy atom. The molecule has 1 heterocycles. The van der Waals surface area contributed by atoms with E-state index >= 15 is 0 Å². The molecule has 1 aliphatic rings. The third-order valence-electron chi connectivity index (χ3n) is 4.32. The smallest absolute Gasteiger partial charge is 0.323 e. The Morgan fingerprint density at radius 1 is 1.00 bits per heavy atom. The van der Waals surface area contributed by atoms with E-state index in [9.17, 15) is 17.6 Å². The Morgan fingerprint density at radius 2 is 1.74 bits per heavy atom. The van der Waals surface area contributed by atoms with Gasteiger partial charge in [-0.3, -0.25) is 0 Å². The van der Waals surface area contributed by atoms with Gasteiger partial charge in [0.25, 0.3) is 0 Å². The molecule has 1 aromatic heterocycles. The second-order valence-corrected chi connectivity index (χ2v) is 6.39. The van der Waals surface area contributed by atoms with Crippen LogP contribution in [0.5, 0.6) is 0 Å². The van der Waals surface area contributed by atoms with Gasteiger partial charge in [0.05, 0.1) is 17.0 Å². The molecule has 8 heteroatoms. The number of alkyl halides is 3. The van der Waals surface area contributed by atoms with Gasteiger partial charge < -0.3 is 5.84 Å². The first-order valence-electron chi connectivity index (χ1n) is 8.51. The van der Waals surface area contributed by atoms with E-state index in [1.807, 2.05) is 0 Å². The normalized spacial score (nSPS) is 18.2. The zero-order valence-electron chi connectivity index (χ0n) is 14.4. The molecule has 0 amide bonds. The molecule has 0 bridgehead atoms. The third-order valence-corrected chi connectivity index (χ3v) is 4.32. The zero-order valence-corrected chi connectivity index (χ0v) is 14.4. The van der Waals surface area contributed by atoms with Crippen LogP contribution in [0.3, 0.4) is 0 Å². The zero-order chi connectivity index (χ0) is 19.4. The van der Waals surface area contributed by atoms with Gasteiger partial charge >= 0.3 is 6.18 Å². The van der Waals surface area contributed by atoms with Crippen LogP contribution in [0.15, 0.2) is 46.6 Å². The number of hydrogen-bond acceptors (Lipinski definition) is 4. The molecule has 0 atom stereocenters. The third kappa shape index (κ3) is 4.90. The van der Waals surface area contributed by atoms with Crippen molar-refractivity contribution in [2.75, 3.05) is 0 Å². The molecule has 2 N–H and O–H groups in total. The Labute approximate surface area is 153 Å². The van der Waals surface area contributed by atoms with Gasteiger partial charge in [-0.25, -0.2) is 14.4 Å². The average molecular weight is 378 g/mol. The Kier molecular flexibility index (Phi) is 5.53. The number of aliphatic imine (C=N–C) groups is 1. The maximum Gasteiger partial charge on any atom is 0.416 e. The number of hydrogen-bond donors (Lipinski definition) is 1. The molecule has 2 aromatic rings. The fourth-order valence-electron chi connectivity index (χ4n) is 3.05. The lowest BCUT2D eigenvalue weighted by molar-refractivity contribution is -0.137. The van der Waals surface area contributed by atoms with Crippen molar-refractivity contribution >= 4 is 17.2 Å². The molecule has 0 radical (unpaired) electrons. The summed E-state index contributed by atoms with van der Waals surface area (Å²) in [5.41, 5.74) is 1.43. The van der Waals surface area contributed by atoms with Gasteiger partial charge in [-0.2, -0.15) is 18.3 Å². The summed E-state index contributed by atoms with van der Waals surface area (Å²) < 4.78 is 52.2. The molecule has 27 heavy (non-hydrogen) atoms. The van der Waals surface area contributed by atoms with Crippen LogP contribution in [0.4, 0.5) is 23.4 Å². The Balaban J connectivity index is 1.86. The maximum atomic E-state index is 13.6. The summed E-state index contributed by atoms with van der Waals surface area (Å²) in [6, 6.07) is 5.88. The molecule has 0 saturated heterocycles. The number of halogens is 4. The highest BCUT2D eigenvalue weighted by atomic mass is 19.4. The van der Waals surface area contributed by atoms with Crippen LogP contribution >= 0.6 is 0 Å². The number of hydrazone groups is 1. The van der Waals surface area contributed by atoms with E-state index < -0.39 is 17.6 Å². The van der Waals surface area contributed by atoms with Crippen LogP contribution in [0.2, 0.25) is 0 Å². The summed E-state index contributed by atoms with van der Waals surface area (Å²) in [4.78, 5) is 8.67. The molecule has 1 aliphatic carbocycles. The first-order valence-corrected chi connectivity index (χ1v) is 8.51. The van der Waals surface area contributed by atoms with Crippen molar-refractivity contribution in [1.82, 2.24) is 4.98 Å². The van der Waals surface area contributed by atoms with Crippen molar-refractivity contribution < 1.29 is 17.6 Å². The van der Waals surface area contributed by atoms with Gasteiger partial charge in [0, 0.05) is 6.20 Å². The van der Waals surface area contributed by atoms with Crippen LogP contribution in [0, 0.1) is 5.82 Å². The van der Waals surface area contributed by atoms with E-state index in [1.54, 1.807) is 12.1 Å². The van der Waals surface area contributed by atoms with E-state index in [4.69, 9.17) is 5.84 Å². The monoisotopic (exact) mass is 378 g/mol. The number of aromatic nitrogens is 1. The summed E-state index contributed by atoms with van der Waals surface area (Å²) in [6.45, 7) is 0. The fraction of sp³-hybridized carbons (Fsp3) is 0.316. The second kappa shape index (κ2) is 7.85. The summed E-state index contributed by atoms with van der Waals surface area (Å²) >= 11 is 0. The quantitative estimate of drug-likeness (QED) is 0.474. The van der Waals surface area contributed by atoms with Crippen LogP contribution in [-0.2, 0) is 12.6 Å². The van der Waals surface area contributed by atoms with E-state index in [2.05, 4.69) is 15.1 Å². The SMILES string of the molecule is N/N=C1/CCCCC1=Nc1cc(Cc2cc(F)cc(C(F)(F)F)c2)ccn1. The van der Waals surface area contributed by atoms with Gasteiger partial charge in [-0.1, -0.05) is 0 Å². The molecule has 1 saturated carbocycles. The standard InChI is InChI=1S/C19H18F4N4/c20-15-9-13(8-14(11-15)19(21,22)23)7-12-5-6-25-18(10-12)26-16-3-1-2-4-17(16)27-24/h5-6,8-11H,1-4,7,24H2/b26-16?,27-17-. The van der Waals surface area contributed by atoms with E-state index in [-0.39, 0.29) is 12.0 Å². The minimum atomic E-state index is -4.59. The molecule has 0 aliphatic heterocycles. The molecular formula is C19H18F4N4. The average Bonchev–Trinajstić information content (AvgIpc) is 2.61. The summed E-state index contributed by atoms with van der Waals surface area (Å²) in [6.07, 6.45) is 0.578. The molecular weight excluding hydrogens is 360 g/mol. The van der Waals surface area contributed by atoms with Crippen LogP contribution in [0.1, 0.15) is 42.4 Å². The van der Waals surface area contributed by atoms with Gasteiger partial charge in [-0.15, -0.1) is 0 Å². The molecule has 1 fully saturated rings. The van der Waals surface area contributed by atoms with Crippen LogP contribution in [-0.4, -0.2) is 16.4 Å². The molecule has 3 rings (SSSR count). The predicted octanol–water partition coefficient (Wildman–Crippen LogP) is 4.79. The number of benzene rings is 1. The van der Waals surface area contributed by atoms with Gasteiger partial charge in [-0.05, 0) is 73.6 Å². The van der Waals surface area contributed by atoms with E-state index in [1.165, 1.54) is 6.20 Å². The minimum absolute atomic E-state index is 0.138. The van der Waals surface area contributed by atoms with Crippen molar-refractivity contribution in [1.29, 1.82) is 0 Å². The van der Waals surface area contributed by atoms with Crippen molar-refractivity contribution in [2.24, 2.45) is 15.9 Å². The molecule has 1 aromatic carbocycles. The van der Waals surface area contributed by atoms with Crippen molar-refractivity contribution in [3.63, 3.8) is 0 Å². The van der Waals surface area contributed by atoms with Gasteiger partial charge in [0.15, 0.2) is 5.82 Å². The van der Waals surface area contributed by atoms with Crippen LogP contribution in [0.25, 0.3) is 0 Å². The highest BCUT2D eigenvalue weighted by Crippen LogP contribution is 2.31.